The molecular weight excluding hydrogens is 334 g/mol. The molecule has 0 saturated carbocycles. The third-order valence-corrected chi connectivity index (χ3v) is 4.75. The van der Waals surface area contributed by atoms with Crippen LogP contribution in [0.3, 0.4) is 0 Å². The minimum atomic E-state index is 0.0435. The molecule has 136 valence electrons. The molecule has 0 aliphatic carbocycles. The average Bonchev–Trinajstić information content (AvgIpc) is 3.18. The predicted molar refractivity (Wildman–Crippen MR) is 109 cm³/mol. The Bertz CT molecular complexity index is 1020. The fraction of sp³-hybridized carbons (Fsp3) is 0.227. The predicted octanol–water partition coefficient (Wildman–Crippen LogP) is 4.03. The Morgan fingerprint density at radius 2 is 1.63 bits per heavy atom. The van der Waals surface area contributed by atoms with Crippen molar-refractivity contribution in [3.63, 3.8) is 0 Å². The number of aromatic nitrogens is 4. The Labute approximate surface area is 159 Å². The van der Waals surface area contributed by atoms with Crippen LogP contribution in [0.15, 0.2) is 72.8 Å². The van der Waals surface area contributed by atoms with Crippen LogP contribution in [0.25, 0.3) is 22.2 Å². The summed E-state index contributed by atoms with van der Waals surface area (Å²) in [4.78, 5) is 3.94. The first-order valence-corrected chi connectivity index (χ1v) is 9.19. The number of hydrogen-bond donors (Lipinski definition) is 0. The minimum absolute atomic E-state index is 0.0435. The van der Waals surface area contributed by atoms with E-state index in [-0.39, 0.29) is 6.04 Å². The van der Waals surface area contributed by atoms with Gasteiger partial charge in [-0.15, -0.1) is 10.2 Å². The molecule has 1 unspecified atom stereocenters. The number of tetrazole rings is 1. The quantitative estimate of drug-likeness (QED) is 0.523. The summed E-state index contributed by atoms with van der Waals surface area (Å²) in [5.74, 6) is 0.659. The second-order valence-electron chi connectivity index (χ2n) is 7.01. The summed E-state index contributed by atoms with van der Waals surface area (Å²) < 4.78 is 0. The van der Waals surface area contributed by atoms with Gasteiger partial charge in [-0.2, -0.15) is 4.80 Å². The van der Waals surface area contributed by atoms with Crippen molar-refractivity contribution in [2.24, 2.45) is 0 Å². The molecule has 0 amide bonds. The molecular formula is C22H23N5. The summed E-state index contributed by atoms with van der Waals surface area (Å²) in [5.41, 5.74) is 2.18. The zero-order chi connectivity index (χ0) is 18.6. The minimum Gasteiger partial charge on any atom is -0.309 e. The molecule has 27 heavy (non-hydrogen) atoms. The average molecular weight is 357 g/mol. The molecule has 5 heteroatoms. The van der Waals surface area contributed by atoms with E-state index in [1.165, 1.54) is 16.3 Å². The molecule has 3 aromatic carbocycles. The van der Waals surface area contributed by atoms with Crippen LogP contribution in [0, 0.1) is 0 Å². The number of fused-ring (bicyclic) bond motifs is 1. The highest BCUT2D eigenvalue weighted by Crippen LogP contribution is 2.26. The molecule has 1 heterocycles. The fourth-order valence-electron chi connectivity index (χ4n) is 3.27. The van der Waals surface area contributed by atoms with Crippen molar-refractivity contribution in [3.05, 3.63) is 78.4 Å². The van der Waals surface area contributed by atoms with Gasteiger partial charge in [0, 0.05) is 5.56 Å². The molecule has 0 bridgehead atoms. The van der Waals surface area contributed by atoms with Crippen LogP contribution in [-0.4, -0.2) is 45.7 Å². The van der Waals surface area contributed by atoms with E-state index in [0.29, 0.717) is 5.82 Å². The largest absolute Gasteiger partial charge is 0.309 e. The molecule has 0 N–H and O–H groups in total. The molecule has 0 radical (unpaired) electrons. The topological polar surface area (TPSA) is 46.8 Å². The van der Waals surface area contributed by atoms with E-state index in [1.54, 1.807) is 4.80 Å². The normalized spacial score (nSPS) is 12.6. The number of nitrogens with zero attached hydrogens (tertiary/aromatic N) is 5. The van der Waals surface area contributed by atoms with Gasteiger partial charge in [-0.1, -0.05) is 66.7 Å². The molecule has 0 aliphatic rings. The summed E-state index contributed by atoms with van der Waals surface area (Å²) in [5, 5.41) is 15.8. The second-order valence-corrected chi connectivity index (χ2v) is 7.01. The van der Waals surface area contributed by atoms with Gasteiger partial charge in [-0.25, -0.2) is 0 Å². The molecule has 0 aliphatic heterocycles. The fourth-order valence-corrected chi connectivity index (χ4v) is 3.27. The van der Waals surface area contributed by atoms with E-state index in [0.717, 1.165) is 18.5 Å². The molecule has 4 aromatic rings. The highest BCUT2D eigenvalue weighted by atomic mass is 15.6. The molecule has 5 nitrogen and oxygen atoms in total. The van der Waals surface area contributed by atoms with Gasteiger partial charge < -0.3 is 4.90 Å². The zero-order valence-corrected chi connectivity index (χ0v) is 15.7. The smallest absolute Gasteiger partial charge is 0.204 e. The van der Waals surface area contributed by atoms with E-state index < -0.39 is 0 Å². The van der Waals surface area contributed by atoms with Crippen molar-refractivity contribution in [1.82, 2.24) is 25.1 Å². The first-order valence-electron chi connectivity index (χ1n) is 9.19. The Morgan fingerprint density at radius 1 is 0.889 bits per heavy atom. The van der Waals surface area contributed by atoms with Crippen molar-refractivity contribution < 1.29 is 0 Å². The van der Waals surface area contributed by atoms with Crippen LogP contribution in [0.5, 0.6) is 0 Å². The van der Waals surface area contributed by atoms with Gasteiger partial charge in [-0.05, 0) is 54.7 Å². The van der Waals surface area contributed by atoms with Crippen LogP contribution >= 0.6 is 0 Å². The summed E-state index contributed by atoms with van der Waals surface area (Å²) in [6.45, 7) is 0.944. The van der Waals surface area contributed by atoms with E-state index in [4.69, 9.17) is 5.10 Å². The molecule has 4 rings (SSSR count). The summed E-state index contributed by atoms with van der Waals surface area (Å²) in [7, 11) is 4.17. The van der Waals surface area contributed by atoms with Gasteiger partial charge >= 0.3 is 0 Å². The zero-order valence-electron chi connectivity index (χ0n) is 15.7. The first kappa shape index (κ1) is 17.4. The molecule has 0 fully saturated rings. The number of benzene rings is 3. The van der Waals surface area contributed by atoms with E-state index in [2.05, 4.69) is 71.8 Å². The summed E-state index contributed by atoms with van der Waals surface area (Å²) >= 11 is 0. The lowest BCUT2D eigenvalue weighted by Gasteiger charge is -2.19. The van der Waals surface area contributed by atoms with Gasteiger partial charge in [0.25, 0.3) is 0 Å². The molecule has 0 saturated heterocycles. The Morgan fingerprint density at radius 3 is 2.41 bits per heavy atom. The van der Waals surface area contributed by atoms with E-state index >= 15 is 0 Å². The van der Waals surface area contributed by atoms with E-state index in [9.17, 15) is 0 Å². The Balaban J connectivity index is 1.71. The van der Waals surface area contributed by atoms with Crippen LogP contribution < -0.4 is 0 Å². The van der Waals surface area contributed by atoms with Crippen LogP contribution in [0.4, 0.5) is 0 Å². The third kappa shape index (κ3) is 3.88. The monoisotopic (exact) mass is 357 g/mol. The van der Waals surface area contributed by atoms with Gasteiger partial charge in [-0.3, -0.25) is 0 Å². The maximum Gasteiger partial charge on any atom is 0.204 e. The van der Waals surface area contributed by atoms with Crippen molar-refractivity contribution >= 4 is 10.8 Å². The second kappa shape index (κ2) is 7.68. The maximum absolute atomic E-state index is 4.69. The highest BCUT2D eigenvalue weighted by molar-refractivity contribution is 5.83. The van der Waals surface area contributed by atoms with Crippen molar-refractivity contribution in [3.8, 4) is 11.4 Å². The standard InChI is InChI=1S/C22H23N5/c1-26(2)15-14-21(20-13-12-17-8-6-7-11-19(17)16-20)27-24-22(23-25-27)18-9-4-3-5-10-18/h3-13,16,21H,14-15H2,1-2H3. The van der Waals surface area contributed by atoms with Crippen molar-refractivity contribution in [1.29, 1.82) is 0 Å². The van der Waals surface area contributed by atoms with Crippen LogP contribution in [0.2, 0.25) is 0 Å². The number of rotatable bonds is 6. The third-order valence-electron chi connectivity index (χ3n) is 4.75. The van der Waals surface area contributed by atoms with Crippen LogP contribution in [0.1, 0.15) is 18.0 Å². The van der Waals surface area contributed by atoms with Gasteiger partial charge in [0.15, 0.2) is 0 Å². The van der Waals surface area contributed by atoms with Gasteiger partial charge in [0.1, 0.15) is 0 Å². The first-order chi connectivity index (χ1) is 13.2. The van der Waals surface area contributed by atoms with Crippen molar-refractivity contribution in [2.45, 2.75) is 12.5 Å². The lowest BCUT2D eigenvalue weighted by atomic mass is 10.00. The van der Waals surface area contributed by atoms with Gasteiger partial charge in [0.05, 0.1) is 6.04 Å². The lowest BCUT2D eigenvalue weighted by Crippen LogP contribution is -2.21. The number of hydrogen-bond acceptors (Lipinski definition) is 4. The SMILES string of the molecule is CN(C)CCC(c1ccc2ccccc2c1)n1nnc(-c2ccccc2)n1. The summed E-state index contributed by atoms with van der Waals surface area (Å²) in [6.07, 6.45) is 0.913. The lowest BCUT2D eigenvalue weighted by molar-refractivity contribution is 0.340. The van der Waals surface area contributed by atoms with Crippen molar-refractivity contribution in [2.75, 3.05) is 20.6 Å². The summed E-state index contributed by atoms with van der Waals surface area (Å²) in [6, 6.07) is 25.0. The molecule has 0 spiro atoms. The van der Waals surface area contributed by atoms with E-state index in [1.807, 2.05) is 30.3 Å². The Hall–Kier alpha value is -3.05. The highest BCUT2D eigenvalue weighted by Gasteiger charge is 2.18. The van der Waals surface area contributed by atoms with Gasteiger partial charge in [0.2, 0.25) is 5.82 Å². The Kier molecular flexibility index (Phi) is 4.94. The molecule has 1 aromatic heterocycles. The van der Waals surface area contributed by atoms with Crippen LogP contribution in [-0.2, 0) is 0 Å². The molecule has 1 atom stereocenters. The maximum atomic E-state index is 4.69.